The summed E-state index contributed by atoms with van der Waals surface area (Å²) in [6, 6.07) is 0. The first-order valence-corrected chi connectivity index (χ1v) is 3.69. The maximum atomic E-state index is 7.23. The standard InChI is InChI=1S/C4H2N9.H4N2/c5-1-6-2-8-9-4-11-12-10-3(7-1)13(2)4;1-2/h(H2-,5,6,7,8,9,10,11);1-2H2/q-1;. The van der Waals surface area contributed by atoms with Crippen LogP contribution >= 0.6 is 0 Å². The van der Waals surface area contributed by atoms with Gasteiger partial charge in [-0.05, 0) is 5.21 Å². The molecule has 11 nitrogen and oxygen atoms in total. The average molecular weight is 208 g/mol. The number of rotatable bonds is 0. The second-order valence-electron chi connectivity index (χ2n) is 2.32. The lowest BCUT2D eigenvalue weighted by Crippen LogP contribution is -2.14. The van der Waals surface area contributed by atoms with Gasteiger partial charge in [0.2, 0.25) is 5.78 Å². The van der Waals surface area contributed by atoms with Crippen molar-refractivity contribution in [2.75, 3.05) is 5.43 Å². The summed E-state index contributed by atoms with van der Waals surface area (Å²) in [5, 5.41) is 18.0. The Labute approximate surface area is 82.0 Å². The highest BCUT2D eigenvalue weighted by Gasteiger charge is 2.07. The van der Waals surface area contributed by atoms with Crippen LogP contribution in [0, 0.1) is 5.41 Å². The molecule has 2 aromatic heterocycles. The fraction of sp³-hybridized carbons (Fsp3) is 0. The molecule has 0 amide bonds. The van der Waals surface area contributed by atoms with Crippen LogP contribution in [-0.4, -0.2) is 29.8 Å². The molecule has 3 rings (SSSR count). The van der Waals surface area contributed by atoms with Gasteiger partial charge in [0.25, 0.3) is 0 Å². The van der Waals surface area contributed by atoms with Gasteiger partial charge in [-0.25, -0.2) is 4.98 Å². The zero-order chi connectivity index (χ0) is 10.8. The van der Waals surface area contributed by atoms with Crippen LogP contribution in [0.15, 0.2) is 0 Å². The lowest BCUT2D eigenvalue weighted by atomic mass is 10.8. The minimum atomic E-state index is -0.145. The van der Waals surface area contributed by atoms with Gasteiger partial charge >= 0.3 is 0 Å². The Morgan fingerprint density at radius 3 is 2.87 bits per heavy atom. The molecule has 0 unspecified atom stereocenters. The van der Waals surface area contributed by atoms with E-state index >= 15 is 0 Å². The quantitative estimate of drug-likeness (QED) is 0.273. The molecule has 11 heteroatoms. The molecule has 78 valence electrons. The number of nitrogens with zero attached hydrogens (tertiary/aromatic N) is 7. The van der Waals surface area contributed by atoms with E-state index in [1.807, 2.05) is 0 Å². The largest absolute Gasteiger partial charge is 0.324 e. The third-order valence-corrected chi connectivity index (χ3v) is 1.55. The van der Waals surface area contributed by atoms with Gasteiger partial charge in [0.05, 0.1) is 5.95 Å². The number of hydrogen-bond donors (Lipinski definition) is 4. The molecule has 1 aliphatic heterocycles. The van der Waals surface area contributed by atoms with Gasteiger partial charge in [0.1, 0.15) is 0 Å². The van der Waals surface area contributed by atoms with Crippen molar-refractivity contribution in [3.63, 3.8) is 0 Å². The topological polar surface area (TPSA) is 171 Å². The van der Waals surface area contributed by atoms with Crippen molar-refractivity contribution in [1.29, 1.82) is 5.41 Å². The highest BCUT2D eigenvalue weighted by atomic mass is 15.6. The minimum absolute atomic E-state index is 0.145. The fourth-order valence-electron chi connectivity index (χ4n) is 1.06. The van der Waals surface area contributed by atoms with Gasteiger partial charge in [-0.2, -0.15) is 0 Å². The summed E-state index contributed by atoms with van der Waals surface area (Å²) in [5.41, 5.74) is 6.25. The van der Waals surface area contributed by atoms with Crippen molar-refractivity contribution < 1.29 is 0 Å². The molecule has 0 radical (unpaired) electrons. The van der Waals surface area contributed by atoms with E-state index < -0.39 is 0 Å². The summed E-state index contributed by atoms with van der Waals surface area (Å²) in [6.07, 6.45) is 0. The maximum absolute atomic E-state index is 7.23. The number of anilines is 1. The maximum Gasteiger partial charge on any atom is 0.204 e. The van der Waals surface area contributed by atoms with Crippen molar-refractivity contribution in [3.05, 3.63) is 11.0 Å². The van der Waals surface area contributed by atoms with Crippen LogP contribution in [0.4, 0.5) is 11.9 Å². The summed E-state index contributed by atoms with van der Waals surface area (Å²) in [4.78, 5) is 7.50. The fourth-order valence-corrected chi connectivity index (χ4v) is 1.06. The monoisotopic (exact) mass is 208 g/mol. The van der Waals surface area contributed by atoms with Crippen LogP contribution in [0.1, 0.15) is 0 Å². The van der Waals surface area contributed by atoms with Crippen LogP contribution in [0.3, 0.4) is 0 Å². The SMILES string of the molecule is N=c1nc2n3c(nnnc3n1)N[N-]2.NN. The molecular formula is C4H6N11-. The molecule has 3 heterocycles. The van der Waals surface area contributed by atoms with Gasteiger partial charge in [-0.1, -0.05) is 0 Å². The van der Waals surface area contributed by atoms with Crippen molar-refractivity contribution >= 4 is 17.7 Å². The number of aromatic nitrogens is 6. The zero-order valence-corrected chi connectivity index (χ0v) is 7.29. The van der Waals surface area contributed by atoms with Gasteiger partial charge in [-0.3, -0.25) is 22.5 Å². The molecule has 0 atom stereocenters. The molecular weight excluding hydrogens is 202 g/mol. The molecule has 0 saturated heterocycles. The Hall–Kier alpha value is -2.40. The molecule has 1 aliphatic rings. The minimum Gasteiger partial charge on any atom is -0.324 e. The normalized spacial score (nSPS) is 11.3. The highest BCUT2D eigenvalue weighted by Crippen LogP contribution is 2.23. The predicted octanol–water partition coefficient (Wildman–Crippen LogP) is -2.44. The van der Waals surface area contributed by atoms with Crippen LogP contribution < -0.4 is 22.7 Å². The third-order valence-electron chi connectivity index (χ3n) is 1.55. The zero-order valence-electron chi connectivity index (χ0n) is 7.29. The molecule has 15 heavy (non-hydrogen) atoms. The van der Waals surface area contributed by atoms with E-state index in [4.69, 9.17) is 5.41 Å². The molecule has 0 saturated carbocycles. The Morgan fingerprint density at radius 2 is 2.07 bits per heavy atom. The summed E-state index contributed by atoms with van der Waals surface area (Å²) < 4.78 is 1.48. The molecule has 0 aliphatic carbocycles. The van der Waals surface area contributed by atoms with Gasteiger partial charge < -0.3 is 14.8 Å². The highest BCUT2D eigenvalue weighted by molar-refractivity contribution is 5.57. The number of hydrazine groups is 1. The summed E-state index contributed by atoms with van der Waals surface area (Å²) >= 11 is 0. The molecule has 0 bridgehead atoms. The van der Waals surface area contributed by atoms with E-state index in [0.29, 0.717) is 11.9 Å². The van der Waals surface area contributed by atoms with Gasteiger partial charge in [0, 0.05) is 0 Å². The van der Waals surface area contributed by atoms with E-state index in [1.54, 1.807) is 0 Å². The van der Waals surface area contributed by atoms with Crippen molar-refractivity contribution in [1.82, 2.24) is 29.8 Å². The second kappa shape index (κ2) is 3.39. The van der Waals surface area contributed by atoms with E-state index in [-0.39, 0.29) is 11.4 Å². The van der Waals surface area contributed by atoms with Crippen LogP contribution in [-0.2, 0) is 0 Å². The van der Waals surface area contributed by atoms with E-state index in [9.17, 15) is 0 Å². The van der Waals surface area contributed by atoms with E-state index in [1.165, 1.54) is 4.40 Å². The molecule has 0 spiro atoms. The van der Waals surface area contributed by atoms with Gasteiger partial charge in [-0.15, -0.1) is 10.2 Å². The lowest BCUT2D eigenvalue weighted by Gasteiger charge is -2.04. The Bertz CT molecular complexity index is 542. The summed E-state index contributed by atoms with van der Waals surface area (Å²) in [6.45, 7) is 0. The first-order valence-electron chi connectivity index (χ1n) is 3.69. The predicted molar refractivity (Wildman–Crippen MR) is 47.2 cm³/mol. The Morgan fingerprint density at radius 1 is 1.27 bits per heavy atom. The van der Waals surface area contributed by atoms with E-state index in [0.717, 1.165) is 0 Å². The lowest BCUT2D eigenvalue weighted by molar-refractivity contribution is 0.803. The second-order valence-corrected chi connectivity index (χ2v) is 2.32. The number of hydrogen-bond acceptors (Lipinski definition) is 9. The number of nitrogens with two attached hydrogens (primary N) is 2. The Kier molecular flexibility index (Phi) is 2.07. The summed E-state index contributed by atoms with van der Waals surface area (Å²) in [7, 11) is 0. The van der Waals surface area contributed by atoms with Gasteiger partial charge in [0.15, 0.2) is 11.6 Å². The van der Waals surface area contributed by atoms with E-state index in [2.05, 4.69) is 47.9 Å². The van der Waals surface area contributed by atoms with Crippen LogP contribution in [0.25, 0.3) is 11.2 Å². The molecule has 0 fully saturated rings. The smallest absolute Gasteiger partial charge is 0.204 e. The molecule has 0 aromatic carbocycles. The first-order chi connectivity index (χ1) is 7.34. The molecule has 2 aromatic rings. The third kappa shape index (κ3) is 1.31. The van der Waals surface area contributed by atoms with Crippen molar-refractivity contribution in [2.45, 2.75) is 0 Å². The van der Waals surface area contributed by atoms with Crippen molar-refractivity contribution in [3.8, 4) is 0 Å². The van der Waals surface area contributed by atoms with Crippen molar-refractivity contribution in [2.24, 2.45) is 11.7 Å². The number of nitrogens with one attached hydrogen (secondary N) is 2. The first kappa shape index (κ1) is 9.17. The Balaban J connectivity index is 0.000000404. The molecule has 6 N–H and O–H groups in total. The summed E-state index contributed by atoms with van der Waals surface area (Å²) in [5.74, 6) is 8.97. The van der Waals surface area contributed by atoms with Crippen LogP contribution in [0.2, 0.25) is 0 Å². The average Bonchev–Trinajstić information content (AvgIpc) is 2.66. The van der Waals surface area contributed by atoms with Crippen LogP contribution in [0.5, 0.6) is 0 Å².